The SMILES string of the molecule is Nc1nc2ccc(C=O)cc2n1C1CCC(O)CC1. The molecule has 1 aliphatic rings. The summed E-state index contributed by atoms with van der Waals surface area (Å²) in [7, 11) is 0. The highest BCUT2D eigenvalue weighted by Crippen LogP contribution is 2.33. The van der Waals surface area contributed by atoms with Gasteiger partial charge in [-0.15, -0.1) is 0 Å². The van der Waals surface area contributed by atoms with Crippen LogP contribution in [0, 0.1) is 0 Å². The number of anilines is 1. The van der Waals surface area contributed by atoms with E-state index in [1.54, 1.807) is 6.07 Å². The van der Waals surface area contributed by atoms with E-state index in [1.807, 2.05) is 16.7 Å². The maximum Gasteiger partial charge on any atom is 0.201 e. The number of rotatable bonds is 2. The highest BCUT2D eigenvalue weighted by atomic mass is 16.3. The molecule has 0 aliphatic heterocycles. The van der Waals surface area contributed by atoms with Crippen LogP contribution >= 0.6 is 0 Å². The maximum atomic E-state index is 10.9. The lowest BCUT2D eigenvalue weighted by Crippen LogP contribution is -2.22. The van der Waals surface area contributed by atoms with Gasteiger partial charge in [0.1, 0.15) is 6.29 Å². The summed E-state index contributed by atoms with van der Waals surface area (Å²) in [5, 5.41) is 9.59. The molecule has 0 atom stereocenters. The number of fused-ring (bicyclic) bond motifs is 1. The Kier molecular flexibility index (Phi) is 2.98. The number of benzene rings is 1. The van der Waals surface area contributed by atoms with Gasteiger partial charge in [0.05, 0.1) is 17.1 Å². The van der Waals surface area contributed by atoms with Crippen molar-refractivity contribution in [3.05, 3.63) is 23.8 Å². The minimum Gasteiger partial charge on any atom is -0.393 e. The Morgan fingerprint density at radius 1 is 1.32 bits per heavy atom. The normalized spacial score (nSPS) is 23.6. The number of nitrogens with two attached hydrogens (primary N) is 1. The number of carbonyl (C=O) groups is 1. The van der Waals surface area contributed by atoms with Crippen LogP contribution < -0.4 is 5.73 Å². The van der Waals surface area contributed by atoms with Gasteiger partial charge in [-0.25, -0.2) is 4.98 Å². The highest BCUT2D eigenvalue weighted by Gasteiger charge is 2.24. The smallest absolute Gasteiger partial charge is 0.201 e. The first-order valence-corrected chi connectivity index (χ1v) is 6.59. The lowest BCUT2D eigenvalue weighted by Gasteiger charge is -2.27. The van der Waals surface area contributed by atoms with Crippen molar-refractivity contribution < 1.29 is 9.90 Å². The van der Waals surface area contributed by atoms with Gasteiger partial charge in [-0.1, -0.05) is 0 Å². The van der Waals surface area contributed by atoms with Crippen molar-refractivity contribution in [2.45, 2.75) is 37.8 Å². The molecule has 100 valence electrons. The van der Waals surface area contributed by atoms with Crippen LogP contribution in [0.3, 0.4) is 0 Å². The monoisotopic (exact) mass is 259 g/mol. The van der Waals surface area contributed by atoms with Crippen LogP contribution in [0.5, 0.6) is 0 Å². The summed E-state index contributed by atoms with van der Waals surface area (Å²) in [6.45, 7) is 0. The number of nitrogens with zero attached hydrogens (tertiary/aromatic N) is 2. The minimum atomic E-state index is -0.196. The largest absolute Gasteiger partial charge is 0.393 e. The quantitative estimate of drug-likeness (QED) is 0.807. The van der Waals surface area contributed by atoms with Gasteiger partial charge >= 0.3 is 0 Å². The summed E-state index contributed by atoms with van der Waals surface area (Å²) in [5.41, 5.74) is 8.36. The summed E-state index contributed by atoms with van der Waals surface area (Å²) >= 11 is 0. The minimum absolute atomic E-state index is 0.196. The van der Waals surface area contributed by atoms with E-state index < -0.39 is 0 Å². The second-order valence-electron chi connectivity index (χ2n) is 5.17. The van der Waals surface area contributed by atoms with E-state index >= 15 is 0 Å². The molecule has 0 radical (unpaired) electrons. The van der Waals surface area contributed by atoms with E-state index in [4.69, 9.17) is 5.73 Å². The Balaban J connectivity index is 2.06. The lowest BCUT2D eigenvalue weighted by molar-refractivity contribution is 0.112. The molecule has 5 heteroatoms. The molecule has 2 aromatic rings. The molecule has 3 rings (SSSR count). The molecule has 1 aromatic carbocycles. The fourth-order valence-corrected chi connectivity index (χ4v) is 2.90. The maximum absolute atomic E-state index is 10.9. The van der Waals surface area contributed by atoms with E-state index in [9.17, 15) is 9.90 Å². The summed E-state index contributed by atoms with van der Waals surface area (Å²) in [6, 6.07) is 5.66. The van der Waals surface area contributed by atoms with Crippen LogP contribution in [0.1, 0.15) is 42.1 Å². The zero-order valence-corrected chi connectivity index (χ0v) is 10.6. The van der Waals surface area contributed by atoms with Crippen molar-refractivity contribution in [3.8, 4) is 0 Å². The van der Waals surface area contributed by atoms with E-state index in [2.05, 4.69) is 4.98 Å². The van der Waals surface area contributed by atoms with Crippen LogP contribution in [-0.4, -0.2) is 27.0 Å². The molecular weight excluding hydrogens is 242 g/mol. The van der Waals surface area contributed by atoms with Crippen molar-refractivity contribution in [2.24, 2.45) is 0 Å². The number of carbonyl (C=O) groups excluding carboxylic acids is 1. The van der Waals surface area contributed by atoms with Crippen molar-refractivity contribution in [2.75, 3.05) is 5.73 Å². The van der Waals surface area contributed by atoms with Crippen LogP contribution in [-0.2, 0) is 0 Å². The molecule has 0 spiro atoms. The number of nitrogen functional groups attached to an aromatic ring is 1. The average Bonchev–Trinajstić information content (AvgIpc) is 2.75. The number of aliphatic hydroxyl groups excluding tert-OH is 1. The molecule has 1 aliphatic carbocycles. The summed E-state index contributed by atoms with van der Waals surface area (Å²) in [6.07, 6.45) is 3.99. The van der Waals surface area contributed by atoms with E-state index in [-0.39, 0.29) is 12.1 Å². The fourth-order valence-electron chi connectivity index (χ4n) is 2.90. The number of hydrogen-bond donors (Lipinski definition) is 2. The Labute approximate surface area is 111 Å². The third-order valence-electron chi connectivity index (χ3n) is 3.91. The molecule has 3 N–H and O–H groups in total. The van der Waals surface area contributed by atoms with Crippen LogP contribution in [0.4, 0.5) is 5.95 Å². The number of aromatic nitrogens is 2. The molecule has 0 bridgehead atoms. The molecule has 5 nitrogen and oxygen atoms in total. The third kappa shape index (κ3) is 2.10. The van der Waals surface area contributed by atoms with Crippen molar-refractivity contribution in [1.29, 1.82) is 0 Å². The number of aliphatic hydroxyl groups is 1. The van der Waals surface area contributed by atoms with Crippen LogP contribution in [0.25, 0.3) is 11.0 Å². The predicted molar refractivity (Wildman–Crippen MR) is 73.0 cm³/mol. The van der Waals surface area contributed by atoms with Crippen LogP contribution in [0.15, 0.2) is 18.2 Å². The standard InChI is InChI=1S/C14H17N3O2/c15-14-16-12-6-1-9(8-18)7-13(12)17(14)10-2-4-11(19)5-3-10/h1,6-8,10-11,19H,2-5H2,(H2,15,16). The Morgan fingerprint density at radius 2 is 2.05 bits per heavy atom. The van der Waals surface area contributed by atoms with Gasteiger partial charge in [0.25, 0.3) is 0 Å². The van der Waals surface area contributed by atoms with Gasteiger partial charge in [-0.3, -0.25) is 4.79 Å². The average molecular weight is 259 g/mol. The molecule has 0 saturated heterocycles. The van der Waals surface area contributed by atoms with Gasteiger partial charge in [0, 0.05) is 11.6 Å². The summed E-state index contributed by atoms with van der Waals surface area (Å²) in [4.78, 5) is 15.2. The molecule has 1 fully saturated rings. The lowest BCUT2D eigenvalue weighted by atomic mass is 9.93. The molecule has 0 amide bonds. The van der Waals surface area contributed by atoms with Gasteiger partial charge in [-0.05, 0) is 43.9 Å². The molecule has 19 heavy (non-hydrogen) atoms. The highest BCUT2D eigenvalue weighted by molar-refractivity contribution is 5.86. The predicted octanol–water partition coefficient (Wildman–Crippen LogP) is 1.91. The first-order valence-electron chi connectivity index (χ1n) is 6.59. The van der Waals surface area contributed by atoms with Crippen molar-refractivity contribution in [1.82, 2.24) is 9.55 Å². The van der Waals surface area contributed by atoms with E-state index in [0.29, 0.717) is 11.5 Å². The second-order valence-corrected chi connectivity index (χ2v) is 5.17. The first kappa shape index (κ1) is 12.2. The Morgan fingerprint density at radius 3 is 2.74 bits per heavy atom. The Bertz CT molecular complexity index is 612. The van der Waals surface area contributed by atoms with Gasteiger partial charge in [-0.2, -0.15) is 0 Å². The summed E-state index contributed by atoms with van der Waals surface area (Å²) < 4.78 is 2.01. The van der Waals surface area contributed by atoms with E-state index in [1.165, 1.54) is 0 Å². The zero-order valence-electron chi connectivity index (χ0n) is 10.6. The molecule has 1 aromatic heterocycles. The first-order chi connectivity index (χ1) is 9.19. The zero-order chi connectivity index (χ0) is 13.4. The van der Waals surface area contributed by atoms with Crippen molar-refractivity contribution in [3.63, 3.8) is 0 Å². The topological polar surface area (TPSA) is 81.1 Å². The van der Waals surface area contributed by atoms with Crippen LogP contribution in [0.2, 0.25) is 0 Å². The van der Waals surface area contributed by atoms with Gasteiger partial charge in [0.15, 0.2) is 0 Å². The van der Waals surface area contributed by atoms with Gasteiger partial charge in [0.2, 0.25) is 5.95 Å². The van der Waals surface area contributed by atoms with E-state index in [0.717, 1.165) is 43.0 Å². The summed E-state index contributed by atoms with van der Waals surface area (Å²) in [5.74, 6) is 0.486. The second kappa shape index (κ2) is 4.66. The molecular formula is C14H17N3O2. The number of aldehydes is 1. The number of hydrogen-bond acceptors (Lipinski definition) is 4. The molecule has 1 saturated carbocycles. The molecule has 0 unspecified atom stereocenters. The number of imidazole rings is 1. The van der Waals surface area contributed by atoms with Gasteiger partial charge < -0.3 is 15.4 Å². The molecule has 1 heterocycles. The third-order valence-corrected chi connectivity index (χ3v) is 3.91. The fraction of sp³-hybridized carbons (Fsp3) is 0.429. The Hall–Kier alpha value is -1.88. The van der Waals surface area contributed by atoms with Crippen molar-refractivity contribution >= 4 is 23.3 Å².